The largest absolute Gasteiger partial charge is 0.338 e. The molecule has 0 radical (unpaired) electrons. The smallest absolute Gasteiger partial charge is 0.239 e. The second kappa shape index (κ2) is 26.2. The van der Waals surface area contributed by atoms with E-state index >= 15 is 0 Å². The predicted octanol–water partition coefficient (Wildman–Crippen LogP) is 21.7. The number of aryl methyl sites for hydroxylation is 12. The van der Waals surface area contributed by atoms with Gasteiger partial charge in [0.1, 0.15) is 44.7 Å². The fourth-order valence-corrected chi connectivity index (χ4v) is 17.0. The first-order chi connectivity index (χ1) is 53.4. The number of nitrogens with zero attached hydrogens (tertiary/aromatic N) is 7. The number of hydrogen-bond acceptors (Lipinski definition) is 0. The summed E-state index contributed by atoms with van der Waals surface area (Å²) in [7, 11) is 15.0. The summed E-state index contributed by atoms with van der Waals surface area (Å²) in [6.45, 7) is 4.15. The molecule has 7 heterocycles. The highest BCUT2D eigenvalue weighted by atomic mass is 15.0. The van der Waals surface area contributed by atoms with Gasteiger partial charge in [0.15, 0.2) is 11.9 Å². The predicted molar refractivity (Wildman–Crippen MR) is 441 cm³/mol. The van der Waals surface area contributed by atoms with Gasteiger partial charge in [-0.2, -0.15) is 18.3 Å². The minimum Gasteiger partial charge on any atom is -0.338 e. The SMILES string of the molecule is Cc1ccccc1-c1cc2c3ccc4ccccc4c3n(C)c2c[n+]1C.Cc1ccccc1-c1ccc2c(c3cc4ccccc4cc3n2C)[n+]1C.[2H]C([2H])([2H])c1ccc(-c2ccc3c([n+]2C)Cc2cc4ccccc4cc2-3)c(C)c1.[2H]C([2H])([2H])c1ccc(-c2ccc3c(c4c5ccccc5ccc4n3C)[n+]2C)c(C)c1. The molecule has 0 unspecified atom stereocenters. The zero-order chi connectivity index (χ0) is 77.2. The fraction of sp³-hybridized carbons (Fsp3) is 0.143. The Bertz CT molecular complexity index is 7010. The van der Waals surface area contributed by atoms with Gasteiger partial charge in [0.25, 0.3) is 0 Å². The molecule has 1 aliphatic carbocycles. The second-order valence-electron chi connectivity index (χ2n) is 28.7. The summed E-state index contributed by atoms with van der Waals surface area (Å²) in [5.41, 5.74) is 29.9. The molecule has 7 aromatic heterocycles. The van der Waals surface area contributed by atoms with E-state index in [4.69, 9.17) is 8.22 Å². The van der Waals surface area contributed by atoms with E-state index in [2.05, 4.69) is 338 Å². The van der Waals surface area contributed by atoms with Crippen LogP contribution < -0.4 is 18.3 Å². The lowest BCUT2D eigenvalue weighted by Gasteiger charge is -2.08. The van der Waals surface area contributed by atoms with Crippen molar-refractivity contribution >= 4 is 109 Å². The summed E-state index contributed by atoms with van der Waals surface area (Å²) < 4.78 is 62.0. The molecule has 0 atom stereocenters. The van der Waals surface area contributed by atoms with Crippen molar-refractivity contribution in [1.29, 1.82) is 0 Å². The van der Waals surface area contributed by atoms with Crippen LogP contribution in [-0.2, 0) is 55.8 Å². The highest BCUT2D eigenvalue weighted by molar-refractivity contribution is 6.19. The van der Waals surface area contributed by atoms with Crippen molar-refractivity contribution in [3.63, 3.8) is 0 Å². The molecular weight excluding hydrogens is 1280 g/mol. The maximum absolute atomic E-state index is 7.69. The zero-order valence-electron chi connectivity index (χ0n) is 67.4. The standard InChI is InChI=1S/C25H23N2.C25H22N.2C24H21N2/c1-16-9-11-19(17(2)15-16)21-13-14-23-25(27(21)4)24-20-8-6-5-7-18(20)10-12-22(24)26(23)3;1-16-8-9-21(17(2)12-16)24-11-10-22-23-14-19-7-5-4-6-18(19)13-20(23)15-25(22)26(24)3;1-16-8-4-7-11-19(16)21-12-13-22-24(26(21)3)20-14-17-9-5-6-10-18(17)15-23(20)25(22)2;1-16-8-4-6-10-18(16)22-14-21-20-13-12-17-9-5-7-11-19(17)24(20)26(3)23(21)15-25(22)2/h5-15H,1-4H3;4-14H,15H2,1-3H3;2*4-15H,1-3H3/q4*+1/i2*1D3;;. The second-order valence-corrected chi connectivity index (χ2v) is 28.7. The third kappa shape index (κ3) is 11.2. The topological polar surface area (TPSA) is 30.3 Å². The maximum atomic E-state index is 7.69. The van der Waals surface area contributed by atoms with Gasteiger partial charge in [0, 0.05) is 97.6 Å². The van der Waals surface area contributed by atoms with E-state index in [-0.39, 0.29) is 0 Å². The first-order valence-corrected chi connectivity index (χ1v) is 36.2. The number of rotatable bonds is 4. The Balaban J connectivity index is 0.000000108. The summed E-state index contributed by atoms with van der Waals surface area (Å²) in [6, 6.07) is 95.9. The first kappa shape index (κ1) is 59.2. The van der Waals surface area contributed by atoms with Crippen LogP contribution in [0.3, 0.4) is 0 Å². The Morgan fingerprint density at radius 1 is 0.305 bits per heavy atom. The number of fused-ring (bicyclic) bond motifs is 18. The highest BCUT2D eigenvalue weighted by Gasteiger charge is 2.30. The van der Waals surface area contributed by atoms with Crippen molar-refractivity contribution in [1.82, 2.24) is 13.7 Å². The van der Waals surface area contributed by atoms with Crippen molar-refractivity contribution in [3.8, 4) is 56.2 Å². The third-order valence-corrected chi connectivity index (χ3v) is 22.5. The van der Waals surface area contributed by atoms with Gasteiger partial charge in [-0.3, -0.25) is 0 Å². The van der Waals surface area contributed by atoms with Crippen molar-refractivity contribution < 1.29 is 26.5 Å². The number of benzene rings is 12. The van der Waals surface area contributed by atoms with Crippen LogP contribution in [-0.4, -0.2) is 13.7 Å². The average Bonchev–Trinajstić information content (AvgIpc) is 1.60. The summed E-state index contributed by atoms with van der Waals surface area (Å²) in [4.78, 5) is 0. The molecule has 7 heteroatoms. The molecule has 0 amide bonds. The van der Waals surface area contributed by atoms with Crippen LogP contribution in [0.5, 0.6) is 0 Å². The molecule has 0 bridgehead atoms. The van der Waals surface area contributed by atoms with Gasteiger partial charge in [0.05, 0.1) is 33.7 Å². The van der Waals surface area contributed by atoms with E-state index in [0.29, 0.717) is 11.1 Å². The van der Waals surface area contributed by atoms with E-state index in [1.165, 1.54) is 165 Å². The number of hydrogen-bond donors (Lipinski definition) is 0. The van der Waals surface area contributed by atoms with Gasteiger partial charge in [0.2, 0.25) is 33.8 Å². The molecule has 19 aromatic rings. The Hall–Kier alpha value is -12.3. The monoisotopic (exact) mass is 1370 g/mol. The molecule has 0 saturated heterocycles. The fourth-order valence-electron chi connectivity index (χ4n) is 17.0. The van der Waals surface area contributed by atoms with E-state index in [1.54, 1.807) is 24.3 Å². The molecule has 0 aliphatic heterocycles. The molecule has 0 saturated carbocycles. The Morgan fingerprint density at radius 3 is 1.41 bits per heavy atom. The number of pyridine rings is 4. The van der Waals surface area contributed by atoms with E-state index in [0.717, 1.165) is 40.1 Å². The summed E-state index contributed by atoms with van der Waals surface area (Å²) in [6.07, 6.45) is 3.16. The van der Waals surface area contributed by atoms with Crippen LogP contribution in [0.25, 0.3) is 165 Å². The molecule has 1 aliphatic rings. The summed E-state index contributed by atoms with van der Waals surface area (Å²) >= 11 is 0. The lowest BCUT2D eigenvalue weighted by atomic mass is 9.99. The lowest BCUT2D eigenvalue weighted by Crippen LogP contribution is -2.36. The normalized spacial score (nSPS) is 12.9. The molecule has 0 fully saturated rings. The molecule has 20 rings (SSSR count). The van der Waals surface area contributed by atoms with E-state index < -0.39 is 13.7 Å². The Morgan fingerprint density at radius 2 is 0.781 bits per heavy atom. The van der Waals surface area contributed by atoms with E-state index in [9.17, 15) is 0 Å². The lowest BCUT2D eigenvalue weighted by molar-refractivity contribution is -0.666. The van der Waals surface area contributed by atoms with Crippen molar-refractivity contribution in [2.24, 2.45) is 49.3 Å². The van der Waals surface area contributed by atoms with Crippen molar-refractivity contribution in [2.45, 2.75) is 47.8 Å². The average molecular weight is 1370 g/mol. The molecule has 510 valence electrons. The maximum Gasteiger partial charge on any atom is 0.239 e. The first-order valence-electron chi connectivity index (χ1n) is 39.2. The Kier molecular flexibility index (Phi) is 14.8. The minimum atomic E-state index is -2.09. The molecular formula is C98H87N7+4. The number of aromatic nitrogens is 7. The summed E-state index contributed by atoms with van der Waals surface area (Å²) in [5, 5.41) is 15.3. The van der Waals surface area contributed by atoms with Gasteiger partial charge in [-0.05, 0) is 185 Å². The van der Waals surface area contributed by atoms with Crippen LogP contribution in [0.2, 0.25) is 0 Å². The molecule has 7 nitrogen and oxygen atoms in total. The van der Waals surface area contributed by atoms with Crippen LogP contribution in [0.15, 0.2) is 279 Å². The van der Waals surface area contributed by atoms with Gasteiger partial charge < -0.3 is 13.7 Å². The van der Waals surface area contributed by atoms with Crippen LogP contribution >= 0.6 is 0 Å². The molecule has 12 aromatic carbocycles. The third-order valence-electron chi connectivity index (χ3n) is 22.5. The van der Waals surface area contributed by atoms with Crippen molar-refractivity contribution in [3.05, 3.63) is 324 Å². The van der Waals surface area contributed by atoms with Gasteiger partial charge in [-0.25, -0.2) is 0 Å². The van der Waals surface area contributed by atoms with Crippen LogP contribution in [0.4, 0.5) is 0 Å². The van der Waals surface area contributed by atoms with Gasteiger partial charge in [-0.1, -0.05) is 187 Å². The highest BCUT2D eigenvalue weighted by Crippen LogP contribution is 2.41. The van der Waals surface area contributed by atoms with Crippen LogP contribution in [0.1, 0.15) is 52.9 Å². The van der Waals surface area contributed by atoms with Gasteiger partial charge >= 0.3 is 0 Å². The quantitative estimate of drug-likeness (QED) is 0.157. The zero-order valence-corrected chi connectivity index (χ0v) is 61.4. The Labute approximate surface area is 622 Å². The van der Waals surface area contributed by atoms with E-state index in [1.807, 2.05) is 26.0 Å². The van der Waals surface area contributed by atoms with Crippen molar-refractivity contribution in [2.75, 3.05) is 0 Å². The molecule has 105 heavy (non-hydrogen) atoms. The minimum absolute atomic E-state index is 0.378. The van der Waals surface area contributed by atoms with Gasteiger partial charge in [-0.15, -0.1) is 0 Å². The molecule has 0 spiro atoms. The molecule has 0 N–H and O–H groups in total. The van der Waals surface area contributed by atoms with Crippen LogP contribution in [0, 0.1) is 41.4 Å². The summed E-state index contributed by atoms with van der Waals surface area (Å²) in [5.74, 6) is 0.